The molecule has 0 aliphatic carbocycles. The lowest BCUT2D eigenvalue weighted by Gasteiger charge is -2.29. The van der Waals surface area contributed by atoms with Gasteiger partial charge in [0.2, 0.25) is 0 Å². The van der Waals surface area contributed by atoms with Gasteiger partial charge in [0, 0.05) is 61.8 Å². The number of likely N-dealkylation sites (N-methyl/N-ethyl adjacent to an activating group) is 2. The van der Waals surface area contributed by atoms with E-state index in [2.05, 4.69) is 62.3 Å². The zero-order chi connectivity index (χ0) is 28.6. The molecule has 4 N–H and O–H groups in total. The largest absolute Gasteiger partial charge is 1.00 e. The monoisotopic (exact) mass is 624 g/mol. The van der Waals surface area contributed by atoms with E-state index in [0.717, 1.165) is 74.6 Å². The Morgan fingerprint density at radius 1 is 0.738 bits per heavy atom. The summed E-state index contributed by atoms with van der Waals surface area (Å²) in [6.45, 7) is 10.8. The molecule has 3 fully saturated rings. The molecular formula is C32H54Cl2N6O2. The zero-order valence-electron chi connectivity index (χ0n) is 26.2. The lowest BCUT2D eigenvalue weighted by molar-refractivity contribution is -0.898. The third-order valence-electron chi connectivity index (χ3n) is 8.55. The van der Waals surface area contributed by atoms with Crippen LogP contribution in [0.5, 0.6) is 0 Å². The quantitative estimate of drug-likeness (QED) is 0.228. The van der Waals surface area contributed by atoms with E-state index in [1.807, 2.05) is 24.3 Å². The van der Waals surface area contributed by atoms with Gasteiger partial charge in [-0.05, 0) is 61.4 Å². The third kappa shape index (κ3) is 11.6. The van der Waals surface area contributed by atoms with Crippen molar-refractivity contribution in [2.24, 2.45) is 0 Å². The van der Waals surface area contributed by atoms with Crippen LogP contribution in [0.3, 0.4) is 0 Å². The van der Waals surface area contributed by atoms with E-state index >= 15 is 0 Å². The fourth-order valence-corrected chi connectivity index (χ4v) is 5.82. The minimum atomic E-state index is 0. The van der Waals surface area contributed by atoms with E-state index in [0.29, 0.717) is 12.2 Å². The fourth-order valence-electron chi connectivity index (χ4n) is 5.82. The van der Waals surface area contributed by atoms with E-state index in [-0.39, 0.29) is 24.8 Å². The first-order chi connectivity index (χ1) is 19.1. The molecule has 2 atom stereocenters. The highest BCUT2D eigenvalue weighted by molar-refractivity contribution is 5.54. The van der Waals surface area contributed by atoms with Crippen LogP contribution in [0.2, 0.25) is 0 Å². The standard InChI is InChI=1S/C17H28N3O.C15H26N3O.2ClH/c1-20(10-2-3-11-20)12-13-21-17-8-9-19(14-17)16-6-4-15(18)5-7-16;1-18(2,3)10-11-19-15-8-9-17(12-15)14-6-4-13(16)5-7-14;;/h4-7,17H,2-3,8-14,18H2,1H3;4-7,15H,8-12,16H2,1-3H3;2*1H/q2*+1;;/p-2. The Morgan fingerprint density at radius 2 is 1.17 bits per heavy atom. The second kappa shape index (κ2) is 16.8. The van der Waals surface area contributed by atoms with Crippen molar-refractivity contribution in [2.75, 3.05) is 115 Å². The maximum Gasteiger partial charge on any atom is 0.102 e. The summed E-state index contributed by atoms with van der Waals surface area (Å²) in [5.41, 5.74) is 15.6. The summed E-state index contributed by atoms with van der Waals surface area (Å²) in [4.78, 5) is 4.77. The first-order valence-corrected chi connectivity index (χ1v) is 15.2. The number of likely N-dealkylation sites (tertiary alicyclic amines) is 1. The maximum atomic E-state index is 6.12. The van der Waals surface area contributed by atoms with Gasteiger partial charge in [0.15, 0.2) is 0 Å². The lowest BCUT2D eigenvalue weighted by atomic mass is 10.2. The number of hydrogen-bond donors (Lipinski definition) is 2. The average molecular weight is 626 g/mol. The number of nitrogens with zero attached hydrogens (tertiary/aromatic N) is 4. The Hall–Kier alpha value is -1.94. The minimum absolute atomic E-state index is 0. The molecule has 0 amide bonds. The van der Waals surface area contributed by atoms with Crippen molar-refractivity contribution >= 4 is 22.7 Å². The number of hydrogen-bond acceptors (Lipinski definition) is 6. The SMILES string of the molecule is C[N+](C)(C)CCOC1CCN(c2ccc(N)cc2)C1.C[N+]1(CCOC2CCN(c3ccc(N)cc3)C2)CCCC1.[Cl-].[Cl-]. The number of quaternary nitrogens is 2. The molecule has 2 unspecified atom stereocenters. The second-order valence-corrected chi connectivity index (χ2v) is 13.1. The molecule has 3 aliphatic rings. The van der Waals surface area contributed by atoms with Gasteiger partial charge < -0.3 is 64.5 Å². The molecule has 0 saturated carbocycles. The van der Waals surface area contributed by atoms with Gasteiger partial charge in [-0.1, -0.05) is 0 Å². The number of nitrogens with two attached hydrogens (primary N) is 2. The van der Waals surface area contributed by atoms with E-state index in [1.54, 1.807) is 0 Å². The first-order valence-electron chi connectivity index (χ1n) is 15.2. The first kappa shape index (κ1) is 36.3. The molecule has 5 rings (SSSR count). The summed E-state index contributed by atoms with van der Waals surface area (Å²) in [7, 11) is 8.95. The minimum Gasteiger partial charge on any atom is -1.00 e. The summed E-state index contributed by atoms with van der Waals surface area (Å²) in [6.07, 6.45) is 5.76. The maximum absolute atomic E-state index is 6.12. The third-order valence-corrected chi connectivity index (χ3v) is 8.55. The van der Waals surface area contributed by atoms with Crippen LogP contribution in [0, 0.1) is 0 Å². The summed E-state index contributed by atoms with van der Waals surface area (Å²) in [5.74, 6) is 0. The number of benzene rings is 2. The Labute approximate surface area is 266 Å². The van der Waals surface area contributed by atoms with Crippen molar-refractivity contribution in [3.05, 3.63) is 48.5 Å². The van der Waals surface area contributed by atoms with Crippen LogP contribution >= 0.6 is 0 Å². The van der Waals surface area contributed by atoms with Gasteiger partial charge in [-0.2, -0.15) is 0 Å². The van der Waals surface area contributed by atoms with Crippen molar-refractivity contribution in [3.8, 4) is 0 Å². The molecule has 3 saturated heterocycles. The average Bonchev–Trinajstić information content (AvgIpc) is 3.67. The molecule has 3 heterocycles. The summed E-state index contributed by atoms with van der Waals surface area (Å²) < 4.78 is 14.3. The lowest BCUT2D eigenvalue weighted by Crippen LogP contribution is -3.00. The van der Waals surface area contributed by atoms with Crippen LogP contribution in [0.15, 0.2) is 48.5 Å². The van der Waals surface area contributed by atoms with Crippen LogP contribution in [-0.2, 0) is 9.47 Å². The van der Waals surface area contributed by atoms with Gasteiger partial charge >= 0.3 is 0 Å². The van der Waals surface area contributed by atoms with Crippen molar-refractivity contribution in [2.45, 2.75) is 37.9 Å². The van der Waals surface area contributed by atoms with Crippen LogP contribution in [0.25, 0.3) is 0 Å². The van der Waals surface area contributed by atoms with Gasteiger partial charge in [-0.25, -0.2) is 0 Å². The highest BCUT2D eigenvalue weighted by Crippen LogP contribution is 2.24. The van der Waals surface area contributed by atoms with Crippen molar-refractivity contribution in [1.82, 2.24) is 0 Å². The molecule has 0 aromatic heterocycles. The fraction of sp³-hybridized carbons (Fsp3) is 0.625. The highest BCUT2D eigenvalue weighted by atomic mass is 35.5. The van der Waals surface area contributed by atoms with E-state index < -0.39 is 0 Å². The van der Waals surface area contributed by atoms with Crippen LogP contribution < -0.4 is 46.1 Å². The molecule has 2 aromatic rings. The Kier molecular flexibility index (Phi) is 14.5. The number of halogens is 2. The molecule has 3 aliphatic heterocycles. The molecule has 0 spiro atoms. The summed E-state index contributed by atoms with van der Waals surface area (Å²) in [5, 5.41) is 0. The summed E-state index contributed by atoms with van der Waals surface area (Å²) >= 11 is 0. The Morgan fingerprint density at radius 3 is 1.60 bits per heavy atom. The summed E-state index contributed by atoms with van der Waals surface area (Å²) in [6, 6.07) is 16.3. The van der Waals surface area contributed by atoms with Crippen LogP contribution in [-0.4, -0.2) is 115 Å². The van der Waals surface area contributed by atoms with Crippen LogP contribution in [0.1, 0.15) is 25.7 Å². The van der Waals surface area contributed by atoms with E-state index in [1.165, 1.54) is 48.3 Å². The molecule has 10 heteroatoms. The zero-order valence-corrected chi connectivity index (χ0v) is 27.7. The molecule has 0 bridgehead atoms. The van der Waals surface area contributed by atoms with E-state index in [4.69, 9.17) is 20.9 Å². The topological polar surface area (TPSA) is 77.0 Å². The van der Waals surface area contributed by atoms with E-state index in [9.17, 15) is 0 Å². The Balaban J connectivity index is 0.000000282. The normalized spacial score (nSPS) is 21.3. The van der Waals surface area contributed by atoms with Gasteiger partial charge in [0.25, 0.3) is 0 Å². The molecule has 2 aromatic carbocycles. The number of rotatable bonds is 10. The number of anilines is 4. The van der Waals surface area contributed by atoms with Crippen molar-refractivity contribution < 1.29 is 43.3 Å². The molecule has 42 heavy (non-hydrogen) atoms. The van der Waals surface area contributed by atoms with Gasteiger partial charge in [0.05, 0.1) is 66.7 Å². The smallest absolute Gasteiger partial charge is 0.102 e. The Bertz CT molecular complexity index is 1030. The molecule has 0 radical (unpaired) electrons. The van der Waals surface area contributed by atoms with Gasteiger partial charge in [0.1, 0.15) is 13.1 Å². The van der Waals surface area contributed by atoms with Gasteiger partial charge in [-0.3, -0.25) is 0 Å². The molecular weight excluding hydrogens is 571 g/mol. The molecule has 238 valence electrons. The molecule has 8 nitrogen and oxygen atoms in total. The van der Waals surface area contributed by atoms with Crippen molar-refractivity contribution in [1.29, 1.82) is 0 Å². The second-order valence-electron chi connectivity index (χ2n) is 13.1. The highest BCUT2D eigenvalue weighted by Gasteiger charge is 2.28. The van der Waals surface area contributed by atoms with Crippen LogP contribution in [0.4, 0.5) is 22.7 Å². The number of nitrogen functional groups attached to an aromatic ring is 2. The van der Waals surface area contributed by atoms with Crippen molar-refractivity contribution in [3.63, 3.8) is 0 Å². The predicted molar refractivity (Wildman–Crippen MR) is 168 cm³/mol. The predicted octanol–water partition coefficient (Wildman–Crippen LogP) is -2.32. The number of ether oxygens (including phenoxy) is 2. The van der Waals surface area contributed by atoms with Gasteiger partial charge in [-0.15, -0.1) is 0 Å².